The van der Waals surface area contributed by atoms with Crippen molar-refractivity contribution in [3.05, 3.63) is 53.9 Å². The van der Waals surface area contributed by atoms with Crippen molar-refractivity contribution in [1.82, 2.24) is 15.3 Å². The van der Waals surface area contributed by atoms with Crippen molar-refractivity contribution in [2.75, 3.05) is 6.54 Å². The summed E-state index contributed by atoms with van der Waals surface area (Å²) in [5.41, 5.74) is 0.872. The van der Waals surface area contributed by atoms with E-state index in [1.165, 1.54) is 12.1 Å². The van der Waals surface area contributed by atoms with Crippen LogP contribution in [0.3, 0.4) is 0 Å². The van der Waals surface area contributed by atoms with Crippen LogP contribution in [0.15, 0.2) is 36.7 Å². The summed E-state index contributed by atoms with van der Waals surface area (Å²) in [6.07, 6.45) is 3.46. The smallest absolute Gasteiger partial charge is 0.127 e. The summed E-state index contributed by atoms with van der Waals surface area (Å²) in [5, 5.41) is 3.27. The predicted molar refractivity (Wildman–Crippen MR) is 60.5 cm³/mol. The van der Waals surface area contributed by atoms with Gasteiger partial charge in [-0.15, -0.1) is 0 Å². The van der Waals surface area contributed by atoms with Gasteiger partial charge in [-0.05, 0) is 24.2 Å². The van der Waals surface area contributed by atoms with Crippen molar-refractivity contribution in [2.45, 2.75) is 13.0 Å². The fraction of sp³-hybridized carbons (Fsp3) is 0.250. The Morgan fingerprint density at radius 2 is 2.38 bits per heavy atom. The van der Waals surface area contributed by atoms with E-state index in [1.807, 2.05) is 13.0 Å². The summed E-state index contributed by atoms with van der Waals surface area (Å²) in [6.45, 7) is 2.80. The third-order valence-corrected chi connectivity index (χ3v) is 2.38. The number of benzene rings is 1. The first kappa shape index (κ1) is 10.8. The molecule has 0 saturated heterocycles. The minimum absolute atomic E-state index is 0.0873. The predicted octanol–water partition coefficient (Wildman–Crippen LogP) is 2.25. The first-order chi connectivity index (χ1) is 7.81. The number of halogens is 1. The largest absolute Gasteiger partial charge is 0.347 e. The summed E-state index contributed by atoms with van der Waals surface area (Å²) in [7, 11) is 0. The van der Waals surface area contributed by atoms with E-state index in [0.717, 1.165) is 17.9 Å². The Balaban J connectivity index is 2.33. The Kier molecular flexibility index (Phi) is 3.31. The van der Waals surface area contributed by atoms with Gasteiger partial charge in [0.1, 0.15) is 11.6 Å². The number of nitrogens with one attached hydrogen (secondary N) is 2. The average molecular weight is 219 g/mol. The molecule has 2 rings (SSSR count). The van der Waals surface area contributed by atoms with Crippen LogP contribution < -0.4 is 5.32 Å². The maximum Gasteiger partial charge on any atom is 0.127 e. The van der Waals surface area contributed by atoms with Gasteiger partial charge in [-0.1, -0.05) is 19.1 Å². The molecule has 1 aromatic carbocycles. The van der Waals surface area contributed by atoms with Crippen LogP contribution in [0, 0.1) is 5.82 Å². The van der Waals surface area contributed by atoms with Crippen LogP contribution in [0.4, 0.5) is 4.39 Å². The third-order valence-electron chi connectivity index (χ3n) is 2.38. The normalized spacial score (nSPS) is 12.6. The van der Waals surface area contributed by atoms with Crippen molar-refractivity contribution < 1.29 is 4.39 Å². The monoisotopic (exact) mass is 219 g/mol. The van der Waals surface area contributed by atoms with Crippen molar-refractivity contribution in [3.8, 4) is 0 Å². The fourth-order valence-electron chi connectivity index (χ4n) is 1.70. The first-order valence-electron chi connectivity index (χ1n) is 5.29. The lowest BCUT2D eigenvalue weighted by Crippen LogP contribution is -2.23. The number of nitrogens with zero attached hydrogens (tertiary/aromatic N) is 1. The van der Waals surface area contributed by atoms with Gasteiger partial charge in [0, 0.05) is 12.4 Å². The molecule has 0 aliphatic heterocycles. The molecule has 0 radical (unpaired) electrons. The number of hydrogen-bond donors (Lipinski definition) is 2. The fourth-order valence-corrected chi connectivity index (χ4v) is 1.70. The van der Waals surface area contributed by atoms with E-state index in [0.29, 0.717) is 0 Å². The minimum atomic E-state index is -0.230. The molecular weight excluding hydrogens is 205 g/mol. The lowest BCUT2D eigenvalue weighted by Gasteiger charge is -2.15. The molecule has 84 valence electrons. The molecule has 1 heterocycles. The first-order valence-corrected chi connectivity index (χ1v) is 5.29. The van der Waals surface area contributed by atoms with Crippen LogP contribution in [0.2, 0.25) is 0 Å². The zero-order valence-corrected chi connectivity index (χ0v) is 9.07. The molecule has 0 saturated carbocycles. The number of rotatable bonds is 4. The van der Waals surface area contributed by atoms with Gasteiger partial charge in [-0.3, -0.25) is 0 Å². The molecule has 1 unspecified atom stereocenters. The van der Waals surface area contributed by atoms with Gasteiger partial charge >= 0.3 is 0 Å². The van der Waals surface area contributed by atoms with Crippen molar-refractivity contribution >= 4 is 0 Å². The van der Waals surface area contributed by atoms with Gasteiger partial charge in [0.2, 0.25) is 0 Å². The molecular formula is C12H14FN3. The molecule has 16 heavy (non-hydrogen) atoms. The van der Waals surface area contributed by atoms with E-state index in [4.69, 9.17) is 0 Å². The number of imidazole rings is 1. The van der Waals surface area contributed by atoms with Crippen LogP contribution in [0.25, 0.3) is 0 Å². The SMILES string of the molecule is CCNC(c1cccc(F)c1)c1ncc[nH]1. The van der Waals surface area contributed by atoms with Crippen molar-refractivity contribution in [3.63, 3.8) is 0 Å². The zero-order valence-electron chi connectivity index (χ0n) is 9.07. The van der Waals surface area contributed by atoms with E-state index < -0.39 is 0 Å². The second kappa shape index (κ2) is 4.90. The molecule has 3 nitrogen and oxygen atoms in total. The second-order valence-electron chi connectivity index (χ2n) is 3.52. The van der Waals surface area contributed by atoms with Crippen LogP contribution in [-0.2, 0) is 0 Å². The maximum absolute atomic E-state index is 13.2. The van der Waals surface area contributed by atoms with E-state index in [-0.39, 0.29) is 11.9 Å². The summed E-state index contributed by atoms with van der Waals surface area (Å²) in [6, 6.07) is 6.47. The Labute approximate surface area is 93.7 Å². The van der Waals surface area contributed by atoms with E-state index in [1.54, 1.807) is 18.5 Å². The van der Waals surface area contributed by atoms with Gasteiger partial charge in [0.15, 0.2) is 0 Å². The molecule has 4 heteroatoms. The van der Waals surface area contributed by atoms with Crippen LogP contribution in [0.1, 0.15) is 24.4 Å². The number of H-pyrrole nitrogens is 1. The highest BCUT2D eigenvalue weighted by atomic mass is 19.1. The number of aromatic nitrogens is 2. The standard InChI is InChI=1S/C12H14FN3/c1-2-14-11(12-15-6-7-16-12)9-4-3-5-10(13)8-9/h3-8,11,14H,2H2,1H3,(H,15,16). The molecule has 0 fully saturated rings. The van der Waals surface area contributed by atoms with Crippen LogP contribution in [-0.4, -0.2) is 16.5 Å². The summed E-state index contributed by atoms with van der Waals surface area (Å²) < 4.78 is 13.2. The number of aromatic amines is 1. The number of hydrogen-bond acceptors (Lipinski definition) is 2. The van der Waals surface area contributed by atoms with Crippen LogP contribution >= 0.6 is 0 Å². The molecule has 0 spiro atoms. The molecule has 0 amide bonds. The highest BCUT2D eigenvalue weighted by Gasteiger charge is 2.15. The molecule has 1 aromatic heterocycles. The second-order valence-corrected chi connectivity index (χ2v) is 3.52. The van der Waals surface area contributed by atoms with Gasteiger partial charge in [-0.25, -0.2) is 9.37 Å². The van der Waals surface area contributed by atoms with E-state index in [9.17, 15) is 4.39 Å². The molecule has 2 N–H and O–H groups in total. The summed E-state index contributed by atoms with van der Waals surface area (Å²) in [4.78, 5) is 7.24. The van der Waals surface area contributed by atoms with E-state index in [2.05, 4.69) is 15.3 Å². The topological polar surface area (TPSA) is 40.7 Å². The van der Waals surface area contributed by atoms with Crippen molar-refractivity contribution in [2.24, 2.45) is 0 Å². The third kappa shape index (κ3) is 2.28. The highest BCUT2D eigenvalue weighted by molar-refractivity contribution is 5.25. The minimum Gasteiger partial charge on any atom is -0.347 e. The Morgan fingerprint density at radius 3 is 3.00 bits per heavy atom. The summed E-state index contributed by atoms with van der Waals surface area (Å²) in [5.74, 6) is 0.569. The Morgan fingerprint density at radius 1 is 1.50 bits per heavy atom. The quantitative estimate of drug-likeness (QED) is 0.828. The molecule has 2 aromatic rings. The lowest BCUT2D eigenvalue weighted by atomic mass is 10.1. The molecule has 0 aliphatic rings. The van der Waals surface area contributed by atoms with Crippen molar-refractivity contribution in [1.29, 1.82) is 0 Å². The summed E-state index contributed by atoms with van der Waals surface area (Å²) >= 11 is 0. The van der Waals surface area contributed by atoms with Crippen LogP contribution in [0.5, 0.6) is 0 Å². The lowest BCUT2D eigenvalue weighted by molar-refractivity contribution is 0.587. The van der Waals surface area contributed by atoms with Gasteiger partial charge < -0.3 is 10.3 Å². The molecule has 0 aliphatic carbocycles. The Hall–Kier alpha value is -1.68. The molecule has 1 atom stereocenters. The maximum atomic E-state index is 13.2. The van der Waals surface area contributed by atoms with Gasteiger partial charge in [0.05, 0.1) is 6.04 Å². The van der Waals surface area contributed by atoms with Gasteiger partial charge in [-0.2, -0.15) is 0 Å². The Bertz CT molecular complexity index is 439. The highest BCUT2D eigenvalue weighted by Crippen LogP contribution is 2.19. The molecule has 0 bridgehead atoms. The average Bonchev–Trinajstić information content (AvgIpc) is 2.79. The zero-order chi connectivity index (χ0) is 11.4. The van der Waals surface area contributed by atoms with Gasteiger partial charge in [0.25, 0.3) is 0 Å². The van der Waals surface area contributed by atoms with E-state index >= 15 is 0 Å².